The van der Waals surface area contributed by atoms with Crippen molar-refractivity contribution >= 4 is 10.0 Å². The first-order valence-electron chi connectivity index (χ1n) is 5.21. The molecule has 0 aliphatic heterocycles. The summed E-state index contributed by atoms with van der Waals surface area (Å²) in [6.45, 7) is 3.28. The number of sulfonamides is 1. The minimum atomic E-state index is -3.61. The Kier molecular flexibility index (Phi) is 4.75. The SMILES string of the molecule is C#CCN(C)S(=O)(=O)c1ccc(CNCC)o1. The van der Waals surface area contributed by atoms with Crippen molar-refractivity contribution in [1.82, 2.24) is 9.62 Å². The highest BCUT2D eigenvalue weighted by Crippen LogP contribution is 2.17. The fraction of sp³-hybridized carbons (Fsp3) is 0.455. The first-order chi connectivity index (χ1) is 8.02. The van der Waals surface area contributed by atoms with Crippen LogP contribution in [0.4, 0.5) is 0 Å². The van der Waals surface area contributed by atoms with E-state index in [2.05, 4.69) is 11.2 Å². The van der Waals surface area contributed by atoms with Crippen molar-refractivity contribution in [2.24, 2.45) is 0 Å². The van der Waals surface area contributed by atoms with E-state index < -0.39 is 10.0 Å². The first-order valence-corrected chi connectivity index (χ1v) is 6.65. The Morgan fingerprint density at radius 1 is 1.53 bits per heavy atom. The van der Waals surface area contributed by atoms with Crippen LogP contribution >= 0.6 is 0 Å². The highest BCUT2D eigenvalue weighted by molar-refractivity contribution is 7.89. The molecule has 0 unspecified atom stereocenters. The summed E-state index contributed by atoms with van der Waals surface area (Å²) < 4.78 is 30.2. The van der Waals surface area contributed by atoms with E-state index in [9.17, 15) is 8.42 Å². The summed E-state index contributed by atoms with van der Waals surface area (Å²) in [5.74, 6) is 2.86. The lowest BCUT2D eigenvalue weighted by molar-refractivity contribution is 0.387. The third-order valence-corrected chi connectivity index (χ3v) is 3.84. The van der Waals surface area contributed by atoms with Gasteiger partial charge in [0.1, 0.15) is 5.76 Å². The molecule has 1 aromatic heterocycles. The Balaban J connectivity index is 2.86. The lowest BCUT2D eigenvalue weighted by Crippen LogP contribution is -2.26. The summed E-state index contributed by atoms with van der Waals surface area (Å²) in [5, 5.41) is 2.97. The van der Waals surface area contributed by atoms with Gasteiger partial charge in [0.25, 0.3) is 10.0 Å². The summed E-state index contributed by atoms with van der Waals surface area (Å²) >= 11 is 0. The molecule has 6 heteroatoms. The van der Waals surface area contributed by atoms with Gasteiger partial charge in [-0.3, -0.25) is 0 Å². The van der Waals surface area contributed by atoms with E-state index >= 15 is 0 Å². The smallest absolute Gasteiger partial charge is 0.277 e. The topological polar surface area (TPSA) is 62.6 Å². The number of rotatable bonds is 6. The third-order valence-electron chi connectivity index (χ3n) is 2.16. The Hall–Kier alpha value is -1.29. The van der Waals surface area contributed by atoms with Gasteiger partial charge in [0.05, 0.1) is 13.1 Å². The fourth-order valence-electron chi connectivity index (χ4n) is 1.21. The van der Waals surface area contributed by atoms with Gasteiger partial charge in [-0.2, -0.15) is 4.31 Å². The second-order valence-corrected chi connectivity index (χ2v) is 5.44. The van der Waals surface area contributed by atoms with Crippen molar-refractivity contribution in [1.29, 1.82) is 0 Å². The van der Waals surface area contributed by atoms with Crippen molar-refractivity contribution in [2.75, 3.05) is 20.1 Å². The van der Waals surface area contributed by atoms with E-state index in [1.165, 1.54) is 13.1 Å². The van der Waals surface area contributed by atoms with E-state index in [-0.39, 0.29) is 11.6 Å². The van der Waals surface area contributed by atoms with Crippen molar-refractivity contribution < 1.29 is 12.8 Å². The summed E-state index contributed by atoms with van der Waals surface area (Å²) in [5.41, 5.74) is 0. The van der Waals surface area contributed by atoms with E-state index in [4.69, 9.17) is 10.8 Å². The Morgan fingerprint density at radius 2 is 2.24 bits per heavy atom. The second-order valence-electron chi connectivity index (χ2n) is 3.47. The van der Waals surface area contributed by atoms with Crippen LogP contribution in [-0.4, -0.2) is 32.9 Å². The van der Waals surface area contributed by atoms with Crippen LogP contribution in [0.3, 0.4) is 0 Å². The van der Waals surface area contributed by atoms with Crippen LogP contribution in [-0.2, 0) is 16.6 Å². The minimum Gasteiger partial charge on any atom is -0.447 e. The summed E-state index contributed by atoms with van der Waals surface area (Å²) in [6.07, 6.45) is 5.08. The number of nitrogens with zero attached hydrogens (tertiary/aromatic N) is 1. The van der Waals surface area contributed by atoms with Gasteiger partial charge in [-0.05, 0) is 18.7 Å². The van der Waals surface area contributed by atoms with E-state index in [0.717, 1.165) is 10.8 Å². The maximum atomic E-state index is 11.9. The second kappa shape index (κ2) is 5.87. The van der Waals surface area contributed by atoms with Crippen molar-refractivity contribution in [3.63, 3.8) is 0 Å². The molecule has 0 fully saturated rings. The van der Waals surface area contributed by atoms with Crippen LogP contribution in [0.5, 0.6) is 0 Å². The Labute approximate surface area is 102 Å². The van der Waals surface area contributed by atoms with Gasteiger partial charge in [-0.15, -0.1) is 6.42 Å². The lowest BCUT2D eigenvalue weighted by atomic mass is 10.4. The monoisotopic (exact) mass is 256 g/mol. The zero-order chi connectivity index (χ0) is 12.9. The molecule has 0 saturated carbocycles. The van der Waals surface area contributed by atoms with Gasteiger partial charge in [-0.25, -0.2) is 8.42 Å². The van der Waals surface area contributed by atoms with E-state index in [0.29, 0.717) is 12.3 Å². The van der Waals surface area contributed by atoms with E-state index in [1.807, 2.05) is 6.92 Å². The quantitative estimate of drug-likeness (QED) is 0.759. The van der Waals surface area contributed by atoms with Gasteiger partial charge in [0.2, 0.25) is 5.09 Å². The van der Waals surface area contributed by atoms with Crippen molar-refractivity contribution in [3.05, 3.63) is 17.9 Å². The summed E-state index contributed by atoms with van der Waals surface area (Å²) in [6, 6.07) is 3.08. The molecule has 0 spiro atoms. The molecule has 0 aromatic carbocycles. The van der Waals surface area contributed by atoms with Gasteiger partial charge >= 0.3 is 0 Å². The van der Waals surface area contributed by atoms with Crippen LogP contribution in [0.25, 0.3) is 0 Å². The summed E-state index contributed by atoms with van der Waals surface area (Å²) in [7, 11) is -2.19. The molecular weight excluding hydrogens is 240 g/mol. The van der Waals surface area contributed by atoms with Gasteiger partial charge in [-0.1, -0.05) is 12.8 Å². The van der Waals surface area contributed by atoms with Gasteiger partial charge < -0.3 is 9.73 Å². The molecule has 1 N–H and O–H groups in total. The van der Waals surface area contributed by atoms with Crippen LogP contribution in [0.2, 0.25) is 0 Å². The molecule has 0 radical (unpaired) electrons. The maximum Gasteiger partial charge on any atom is 0.277 e. The molecule has 1 heterocycles. The zero-order valence-electron chi connectivity index (χ0n) is 9.93. The standard InChI is InChI=1S/C11H16N2O3S/c1-4-8-13(3)17(14,15)11-7-6-10(16-11)9-12-5-2/h1,6-7,12H,5,8-9H2,2-3H3. The molecule has 0 atom stereocenters. The molecule has 0 bridgehead atoms. The molecule has 0 aliphatic carbocycles. The molecule has 5 nitrogen and oxygen atoms in total. The maximum absolute atomic E-state index is 11.9. The number of hydrogen-bond donors (Lipinski definition) is 1. The van der Waals surface area contributed by atoms with Crippen molar-refractivity contribution in [2.45, 2.75) is 18.6 Å². The number of furan rings is 1. The predicted molar refractivity (Wildman–Crippen MR) is 64.7 cm³/mol. The molecule has 1 rings (SSSR count). The Morgan fingerprint density at radius 3 is 2.82 bits per heavy atom. The molecule has 0 aliphatic rings. The van der Waals surface area contributed by atoms with Gasteiger partial charge in [0.15, 0.2) is 0 Å². The summed E-state index contributed by atoms with van der Waals surface area (Å²) in [4.78, 5) is 0. The molecule has 1 aromatic rings. The number of hydrogen-bond acceptors (Lipinski definition) is 4. The average molecular weight is 256 g/mol. The zero-order valence-corrected chi connectivity index (χ0v) is 10.8. The highest BCUT2D eigenvalue weighted by Gasteiger charge is 2.23. The molecule has 94 valence electrons. The van der Waals surface area contributed by atoms with Gasteiger partial charge in [0, 0.05) is 7.05 Å². The third kappa shape index (κ3) is 3.33. The minimum absolute atomic E-state index is 0.0194. The normalized spacial score (nSPS) is 11.6. The largest absolute Gasteiger partial charge is 0.447 e. The number of nitrogens with one attached hydrogen (secondary N) is 1. The van der Waals surface area contributed by atoms with E-state index in [1.54, 1.807) is 6.07 Å². The van der Waals surface area contributed by atoms with Crippen LogP contribution in [0.15, 0.2) is 21.6 Å². The predicted octanol–water partition coefficient (Wildman–Crippen LogP) is 0.643. The van der Waals surface area contributed by atoms with Crippen molar-refractivity contribution in [3.8, 4) is 12.3 Å². The molecule has 0 saturated heterocycles. The fourth-order valence-corrected chi connectivity index (χ4v) is 2.21. The highest BCUT2D eigenvalue weighted by atomic mass is 32.2. The molecular formula is C11H16N2O3S. The number of terminal acetylenes is 1. The Bertz CT molecular complexity index is 499. The van der Waals surface area contributed by atoms with Crippen LogP contribution in [0.1, 0.15) is 12.7 Å². The average Bonchev–Trinajstić information content (AvgIpc) is 2.75. The lowest BCUT2D eigenvalue weighted by Gasteiger charge is -2.11. The van der Waals surface area contributed by atoms with Crippen LogP contribution in [0, 0.1) is 12.3 Å². The molecule has 0 amide bonds. The van der Waals surface area contributed by atoms with Crippen LogP contribution < -0.4 is 5.32 Å². The molecule has 17 heavy (non-hydrogen) atoms. The first kappa shape index (κ1) is 13.8.